The molecule has 1 aromatic carbocycles. The molecule has 16 heavy (non-hydrogen) atoms. The van der Waals surface area contributed by atoms with Crippen molar-refractivity contribution in [2.45, 2.75) is 19.9 Å². The molecule has 0 saturated carbocycles. The lowest BCUT2D eigenvalue weighted by atomic mass is 9.80. The highest BCUT2D eigenvalue weighted by atomic mass is 79.9. The van der Waals surface area contributed by atoms with Gasteiger partial charge in [-0.05, 0) is 17.7 Å². The third-order valence-electron chi connectivity index (χ3n) is 2.80. The zero-order valence-corrected chi connectivity index (χ0v) is 10.9. The molecule has 86 valence electrons. The molecule has 0 unspecified atom stereocenters. The standard InChI is InChI=1S/C12H14BrNO2/c1-12(2)7-16-11(15)14-10(12)8-4-3-5-9(13)6-8/h3-6,10H,7H2,1-2H3,(H,14,15)/t10-/m1/s1. The van der Waals surface area contributed by atoms with Crippen LogP contribution in [0.5, 0.6) is 0 Å². The summed E-state index contributed by atoms with van der Waals surface area (Å²) < 4.78 is 6.03. The maximum absolute atomic E-state index is 11.3. The predicted octanol–water partition coefficient (Wildman–Crippen LogP) is 3.26. The summed E-state index contributed by atoms with van der Waals surface area (Å²) in [6.45, 7) is 4.60. The van der Waals surface area contributed by atoms with E-state index in [9.17, 15) is 4.79 Å². The average Bonchev–Trinajstić information content (AvgIpc) is 2.22. The minimum absolute atomic E-state index is 0.00810. The Morgan fingerprint density at radius 1 is 1.50 bits per heavy atom. The van der Waals surface area contributed by atoms with E-state index in [1.165, 1.54) is 0 Å². The van der Waals surface area contributed by atoms with Gasteiger partial charge in [0.05, 0.1) is 6.04 Å². The molecule has 1 fully saturated rings. The van der Waals surface area contributed by atoms with Crippen molar-refractivity contribution < 1.29 is 9.53 Å². The second-order valence-electron chi connectivity index (χ2n) is 4.70. The Bertz CT molecular complexity index is 417. The van der Waals surface area contributed by atoms with Crippen LogP contribution in [0.15, 0.2) is 28.7 Å². The van der Waals surface area contributed by atoms with E-state index in [0.717, 1.165) is 10.0 Å². The van der Waals surface area contributed by atoms with Crippen molar-refractivity contribution in [1.29, 1.82) is 0 Å². The van der Waals surface area contributed by atoms with Crippen LogP contribution in [0.25, 0.3) is 0 Å². The average molecular weight is 284 g/mol. The molecule has 3 nitrogen and oxygen atoms in total. The molecule has 0 spiro atoms. The Kier molecular flexibility index (Phi) is 2.93. The lowest BCUT2D eigenvalue weighted by Crippen LogP contribution is -2.46. The Morgan fingerprint density at radius 3 is 2.94 bits per heavy atom. The number of benzene rings is 1. The number of carbonyl (C=O) groups excluding carboxylic acids is 1. The van der Waals surface area contributed by atoms with Gasteiger partial charge in [-0.3, -0.25) is 0 Å². The smallest absolute Gasteiger partial charge is 0.407 e. The van der Waals surface area contributed by atoms with Gasteiger partial charge in [0, 0.05) is 9.89 Å². The van der Waals surface area contributed by atoms with Crippen molar-refractivity contribution in [2.24, 2.45) is 5.41 Å². The maximum atomic E-state index is 11.3. The summed E-state index contributed by atoms with van der Waals surface area (Å²) >= 11 is 3.44. The number of hydrogen-bond acceptors (Lipinski definition) is 2. The third kappa shape index (κ3) is 2.21. The summed E-state index contributed by atoms with van der Waals surface area (Å²) in [5, 5.41) is 2.87. The lowest BCUT2D eigenvalue weighted by molar-refractivity contribution is 0.0387. The monoisotopic (exact) mass is 283 g/mol. The normalized spacial score (nSPS) is 23.4. The van der Waals surface area contributed by atoms with E-state index >= 15 is 0 Å². The lowest BCUT2D eigenvalue weighted by Gasteiger charge is -2.38. The number of nitrogens with one attached hydrogen (secondary N) is 1. The first-order chi connectivity index (χ1) is 7.49. The molecule has 1 heterocycles. The SMILES string of the molecule is CC1(C)COC(=O)N[C@@H]1c1cccc(Br)c1. The Hall–Kier alpha value is -1.03. The first kappa shape index (κ1) is 11.5. The van der Waals surface area contributed by atoms with Crippen molar-refractivity contribution in [3.8, 4) is 0 Å². The molecule has 1 saturated heterocycles. The number of amides is 1. The van der Waals surface area contributed by atoms with Crippen LogP contribution in [-0.2, 0) is 4.74 Å². The minimum atomic E-state index is -0.343. The van der Waals surface area contributed by atoms with E-state index in [2.05, 4.69) is 35.1 Å². The molecular formula is C12H14BrNO2. The van der Waals surface area contributed by atoms with Crippen LogP contribution in [0.1, 0.15) is 25.5 Å². The van der Waals surface area contributed by atoms with Crippen molar-refractivity contribution in [2.75, 3.05) is 6.61 Å². The Morgan fingerprint density at radius 2 is 2.25 bits per heavy atom. The van der Waals surface area contributed by atoms with Gasteiger partial charge in [-0.1, -0.05) is 41.9 Å². The molecule has 1 atom stereocenters. The van der Waals surface area contributed by atoms with E-state index in [1.54, 1.807) is 0 Å². The second-order valence-corrected chi connectivity index (χ2v) is 5.61. The first-order valence-electron chi connectivity index (χ1n) is 5.18. The van der Waals surface area contributed by atoms with Gasteiger partial charge < -0.3 is 10.1 Å². The molecule has 0 radical (unpaired) electrons. The van der Waals surface area contributed by atoms with Crippen LogP contribution in [0.3, 0.4) is 0 Å². The van der Waals surface area contributed by atoms with Crippen molar-refractivity contribution in [3.63, 3.8) is 0 Å². The largest absolute Gasteiger partial charge is 0.449 e. The van der Waals surface area contributed by atoms with Gasteiger partial charge in [0.25, 0.3) is 0 Å². The summed E-state index contributed by atoms with van der Waals surface area (Å²) in [6.07, 6.45) is -0.343. The molecular weight excluding hydrogens is 270 g/mol. The van der Waals surface area contributed by atoms with E-state index in [-0.39, 0.29) is 17.6 Å². The highest BCUT2D eigenvalue weighted by molar-refractivity contribution is 9.10. The highest BCUT2D eigenvalue weighted by Gasteiger charge is 2.37. The number of cyclic esters (lactones) is 1. The van der Waals surface area contributed by atoms with Gasteiger partial charge in [0.2, 0.25) is 0 Å². The van der Waals surface area contributed by atoms with Gasteiger partial charge >= 0.3 is 6.09 Å². The molecule has 0 aliphatic carbocycles. The van der Waals surface area contributed by atoms with Gasteiger partial charge in [0.1, 0.15) is 6.61 Å². The zero-order valence-electron chi connectivity index (χ0n) is 9.29. The van der Waals surface area contributed by atoms with Gasteiger partial charge in [0.15, 0.2) is 0 Å². The number of halogens is 1. The molecule has 4 heteroatoms. The van der Waals surface area contributed by atoms with Crippen LogP contribution < -0.4 is 5.32 Å². The Labute approximate surface area is 103 Å². The van der Waals surface area contributed by atoms with E-state index in [4.69, 9.17) is 4.74 Å². The fourth-order valence-corrected chi connectivity index (χ4v) is 2.33. The van der Waals surface area contributed by atoms with Crippen LogP contribution in [0.4, 0.5) is 4.79 Å². The third-order valence-corrected chi connectivity index (χ3v) is 3.29. The Balaban J connectivity index is 2.33. The summed E-state index contributed by atoms with van der Waals surface area (Å²) in [4.78, 5) is 11.3. The minimum Gasteiger partial charge on any atom is -0.449 e. The van der Waals surface area contributed by atoms with Gasteiger partial charge in [-0.15, -0.1) is 0 Å². The van der Waals surface area contributed by atoms with Crippen LogP contribution in [-0.4, -0.2) is 12.7 Å². The highest BCUT2D eigenvalue weighted by Crippen LogP contribution is 2.36. The molecule has 1 N–H and O–H groups in total. The number of rotatable bonds is 1. The van der Waals surface area contributed by atoms with Gasteiger partial charge in [-0.2, -0.15) is 0 Å². The number of alkyl carbamates (subject to hydrolysis) is 1. The quantitative estimate of drug-likeness (QED) is 0.859. The fourth-order valence-electron chi connectivity index (χ4n) is 1.91. The van der Waals surface area contributed by atoms with Crippen LogP contribution in [0, 0.1) is 5.41 Å². The van der Waals surface area contributed by atoms with Crippen LogP contribution >= 0.6 is 15.9 Å². The molecule has 0 bridgehead atoms. The van der Waals surface area contributed by atoms with Crippen molar-refractivity contribution in [3.05, 3.63) is 34.3 Å². The summed E-state index contributed by atoms with van der Waals surface area (Å²) in [5.41, 5.74) is 0.991. The topological polar surface area (TPSA) is 38.3 Å². The molecule has 2 rings (SSSR count). The number of carbonyl (C=O) groups is 1. The number of hydrogen-bond donors (Lipinski definition) is 1. The maximum Gasteiger partial charge on any atom is 0.407 e. The van der Waals surface area contributed by atoms with Crippen molar-refractivity contribution >= 4 is 22.0 Å². The summed E-state index contributed by atoms with van der Waals surface area (Å²) in [5.74, 6) is 0. The fraction of sp³-hybridized carbons (Fsp3) is 0.417. The molecule has 0 aromatic heterocycles. The molecule has 1 amide bonds. The summed E-state index contributed by atoms with van der Waals surface area (Å²) in [6, 6.07) is 7.97. The van der Waals surface area contributed by atoms with Crippen LogP contribution in [0.2, 0.25) is 0 Å². The molecule has 1 aliphatic rings. The van der Waals surface area contributed by atoms with Gasteiger partial charge in [-0.25, -0.2) is 4.79 Å². The van der Waals surface area contributed by atoms with E-state index < -0.39 is 0 Å². The van der Waals surface area contributed by atoms with E-state index in [0.29, 0.717) is 6.61 Å². The zero-order chi connectivity index (χ0) is 11.8. The van der Waals surface area contributed by atoms with E-state index in [1.807, 2.05) is 24.3 Å². The predicted molar refractivity (Wildman–Crippen MR) is 65.1 cm³/mol. The molecule has 1 aromatic rings. The molecule has 1 aliphatic heterocycles. The number of ether oxygens (including phenoxy) is 1. The first-order valence-corrected chi connectivity index (χ1v) is 5.97. The van der Waals surface area contributed by atoms with Crippen molar-refractivity contribution in [1.82, 2.24) is 5.32 Å². The summed E-state index contributed by atoms with van der Waals surface area (Å²) in [7, 11) is 0. The second kappa shape index (κ2) is 4.09.